The molecule has 11 heteroatoms. The first-order chi connectivity index (χ1) is 17.1. The number of sulfonamides is 1. The molecular weight excluding hydrogens is 486 g/mol. The summed E-state index contributed by atoms with van der Waals surface area (Å²) in [5, 5.41) is 12.2. The van der Waals surface area contributed by atoms with Crippen molar-refractivity contribution in [3.05, 3.63) is 63.7 Å². The minimum absolute atomic E-state index is 0.0309. The molecule has 0 radical (unpaired) electrons. The van der Waals surface area contributed by atoms with Crippen LogP contribution in [0, 0.1) is 10.1 Å². The number of nitro groups is 1. The van der Waals surface area contributed by atoms with E-state index in [1.54, 1.807) is 24.0 Å². The lowest BCUT2D eigenvalue weighted by Crippen LogP contribution is -2.43. The van der Waals surface area contributed by atoms with Crippen molar-refractivity contribution >= 4 is 39.0 Å². The number of para-hydroxylation sites is 2. The van der Waals surface area contributed by atoms with Gasteiger partial charge in [0.2, 0.25) is 15.9 Å². The van der Waals surface area contributed by atoms with Crippen LogP contribution < -0.4 is 9.62 Å². The molecule has 2 atom stereocenters. The van der Waals surface area contributed by atoms with E-state index in [1.165, 1.54) is 13.2 Å². The Morgan fingerprint density at radius 1 is 1.14 bits per heavy atom. The van der Waals surface area contributed by atoms with E-state index in [-0.39, 0.29) is 41.9 Å². The highest BCUT2D eigenvalue weighted by atomic mass is 32.2. The number of hydrogen-bond donors (Lipinski definition) is 1. The summed E-state index contributed by atoms with van der Waals surface area (Å²) in [6.07, 6.45) is 1.40. The average molecular weight is 518 g/mol. The molecule has 0 unspecified atom stereocenters. The monoisotopic (exact) mass is 517 g/mol. The number of carbonyl (C=O) groups is 2. The molecule has 0 aliphatic carbocycles. The number of hydrogen-bond acceptors (Lipinski definition) is 7. The van der Waals surface area contributed by atoms with Gasteiger partial charge in [-0.15, -0.1) is 0 Å². The van der Waals surface area contributed by atoms with Gasteiger partial charge < -0.3 is 9.64 Å². The van der Waals surface area contributed by atoms with E-state index >= 15 is 0 Å². The molecule has 0 bridgehead atoms. The summed E-state index contributed by atoms with van der Waals surface area (Å²) in [6, 6.07) is 11.7. The van der Waals surface area contributed by atoms with Crippen molar-refractivity contribution in [2.24, 2.45) is 0 Å². The standard InChI is InChI=1S/C25H31N3O7S/c1-4-23(29)27-17(2)16-20(18-10-5-6-13-22(18)27)19-11-9-12-21(25(19)28(31)32)26-36(33,34)15-8-7-14-24(30)35-3/h5-6,9-13,17,20,26H,4,7-8,14-16H2,1-3H3/t17-,20+/m0/s1. The van der Waals surface area contributed by atoms with Gasteiger partial charge in [-0.2, -0.15) is 0 Å². The number of carbonyl (C=O) groups excluding carboxylic acids is 2. The van der Waals surface area contributed by atoms with E-state index in [0.29, 0.717) is 30.5 Å². The Hall–Kier alpha value is -3.47. The molecule has 1 aliphatic heterocycles. The minimum atomic E-state index is -3.90. The number of nitrogens with zero attached hydrogens (tertiary/aromatic N) is 2. The van der Waals surface area contributed by atoms with E-state index in [0.717, 1.165) is 5.56 Å². The average Bonchev–Trinajstić information content (AvgIpc) is 2.85. The number of ether oxygens (including phenoxy) is 1. The molecule has 0 spiro atoms. The third-order valence-electron chi connectivity index (χ3n) is 6.32. The SMILES string of the molecule is CCC(=O)N1c2ccccc2[C@H](c2cccc(NS(=O)(=O)CCCCC(=O)OC)c2[N+](=O)[O-])C[C@@H]1C. The predicted molar refractivity (Wildman–Crippen MR) is 137 cm³/mol. The molecule has 0 fully saturated rings. The van der Waals surface area contributed by atoms with Gasteiger partial charge in [0.05, 0.1) is 17.8 Å². The normalized spacial score (nSPS) is 17.2. The lowest BCUT2D eigenvalue weighted by atomic mass is 9.80. The van der Waals surface area contributed by atoms with Gasteiger partial charge in [-0.1, -0.05) is 37.3 Å². The van der Waals surface area contributed by atoms with Crippen LogP contribution in [0.15, 0.2) is 42.5 Å². The van der Waals surface area contributed by atoms with Gasteiger partial charge in [0.15, 0.2) is 0 Å². The minimum Gasteiger partial charge on any atom is -0.469 e. The molecule has 0 saturated carbocycles. The molecular formula is C25H31N3O7S. The summed E-state index contributed by atoms with van der Waals surface area (Å²) in [4.78, 5) is 37.3. The van der Waals surface area contributed by atoms with E-state index in [4.69, 9.17) is 0 Å². The van der Waals surface area contributed by atoms with Crippen LogP contribution in [0.3, 0.4) is 0 Å². The van der Waals surface area contributed by atoms with Crippen molar-refractivity contribution in [3.8, 4) is 0 Å². The van der Waals surface area contributed by atoms with Crippen LogP contribution in [0.4, 0.5) is 17.1 Å². The first kappa shape index (κ1) is 27.1. The molecule has 194 valence electrons. The Morgan fingerprint density at radius 2 is 1.83 bits per heavy atom. The summed E-state index contributed by atoms with van der Waals surface area (Å²) < 4.78 is 32.3. The maximum absolute atomic E-state index is 12.7. The number of rotatable bonds is 10. The van der Waals surface area contributed by atoms with Crippen molar-refractivity contribution in [2.45, 2.75) is 57.9 Å². The van der Waals surface area contributed by atoms with Crippen molar-refractivity contribution in [3.63, 3.8) is 0 Å². The first-order valence-electron chi connectivity index (χ1n) is 11.8. The van der Waals surface area contributed by atoms with Crippen LogP contribution in [-0.2, 0) is 24.3 Å². The Kier molecular flexibility index (Phi) is 8.67. The molecule has 1 heterocycles. The lowest BCUT2D eigenvalue weighted by Gasteiger charge is -2.39. The van der Waals surface area contributed by atoms with Crippen LogP contribution in [0.5, 0.6) is 0 Å². The van der Waals surface area contributed by atoms with Gasteiger partial charge in [0.1, 0.15) is 5.69 Å². The Balaban J connectivity index is 1.95. The Labute approximate surface area is 210 Å². The van der Waals surface area contributed by atoms with Crippen LogP contribution in [0.2, 0.25) is 0 Å². The second kappa shape index (κ2) is 11.5. The molecule has 3 rings (SSSR count). The molecule has 1 aliphatic rings. The number of methoxy groups -OCH3 is 1. The maximum Gasteiger partial charge on any atom is 0.305 e. The second-order valence-corrected chi connectivity index (χ2v) is 10.6. The first-order valence-corrected chi connectivity index (χ1v) is 13.5. The fourth-order valence-electron chi connectivity index (χ4n) is 4.67. The number of fused-ring (bicyclic) bond motifs is 1. The zero-order chi connectivity index (χ0) is 26.5. The van der Waals surface area contributed by atoms with Crippen LogP contribution in [0.25, 0.3) is 0 Å². The maximum atomic E-state index is 12.7. The molecule has 1 amide bonds. The van der Waals surface area contributed by atoms with Gasteiger partial charge in [-0.05, 0) is 43.9 Å². The van der Waals surface area contributed by atoms with Gasteiger partial charge >= 0.3 is 5.97 Å². The quantitative estimate of drug-likeness (QED) is 0.214. The van der Waals surface area contributed by atoms with E-state index in [9.17, 15) is 28.1 Å². The summed E-state index contributed by atoms with van der Waals surface area (Å²) in [5.41, 5.74) is 1.46. The zero-order valence-corrected chi connectivity index (χ0v) is 21.4. The topological polar surface area (TPSA) is 136 Å². The third-order valence-corrected chi connectivity index (χ3v) is 7.68. The van der Waals surface area contributed by atoms with Gasteiger partial charge in [-0.25, -0.2) is 8.42 Å². The molecule has 0 saturated heterocycles. The fourth-order valence-corrected chi connectivity index (χ4v) is 5.85. The van der Waals surface area contributed by atoms with Crippen molar-refractivity contribution in [1.82, 2.24) is 0 Å². The molecule has 10 nitrogen and oxygen atoms in total. The highest BCUT2D eigenvalue weighted by Crippen LogP contribution is 2.46. The summed E-state index contributed by atoms with van der Waals surface area (Å²) >= 11 is 0. The largest absolute Gasteiger partial charge is 0.469 e. The highest BCUT2D eigenvalue weighted by molar-refractivity contribution is 7.92. The van der Waals surface area contributed by atoms with Gasteiger partial charge in [0.25, 0.3) is 5.69 Å². The Bertz CT molecular complexity index is 1250. The summed E-state index contributed by atoms with van der Waals surface area (Å²) in [5.74, 6) is -1.15. The van der Waals surface area contributed by atoms with Crippen LogP contribution in [-0.4, -0.2) is 44.1 Å². The number of nitro benzene ring substituents is 1. The number of nitrogens with one attached hydrogen (secondary N) is 1. The van der Waals surface area contributed by atoms with Gasteiger partial charge in [0, 0.05) is 36.1 Å². The van der Waals surface area contributed by atoms with Crippen LogP contribution in [0.1, 0.15) is 63.0 Å². The van der Waals surface area contributed by atoms with Crippen molar-refractivity contribution in [1.29, 1.82) is 0 Å². The van der Waals surface area contributed by atoms with E-state index in [2.05, 4.69) is 9.46 Å². The smallest absolute Gasteiger partial charge is 0.305 e. The number of benzene rings is 2. The fraction of sp³-hybridized carbons (Fsp3) is 0.440. The number of anilines is 2. The van der Waals surface area contributed by atoms with E-state index in [1.807, 2.05) is 31.2 Å². The molecule has 0 aromatic heterocycles. The molecule has 2 aromatic rings. The second-order valence-electron chi connectivity index (χ2n) is 8.77. The Morgan fingerprint density at radius 3 is 2.50 bits per heavy atom. The third kappa shape index (κ3) is 6.01. The number of esters is 1. The van der Waals surface area contributed by atoms with Gasteiger partial charge in [-0.3, -0.25) is 24.4 Å². The predicted octanol–water partition coefficient (Wildman–Crippen LogP) is 4.35. The number of unbranched alkanes of at least 4 members (excludes halogenated alkanes) is 1. The van der Waals surface area contributed by atoms with E-state index < -0.39 is 26.8 Å². The van der Waals surface area contributed by atoms with Crippen molar-refractivity contribution in [2.75, 3.05) is 22.5 Å². The zero-order valence-electron chi connectivity index (χ0n) is 20.6. The molecule has 2 aromatic carbocycles. The van der Waals surface area contributed by atoms with Crippen LogP contribution >= 0.6 is 0 Å². The molecule has 36 heavy (non-hydrogen) atoms. The highest BCUT2D eigenvalue weighted by Gasteiger charge is 2.37. The van der Waals surface area contributed by atoms with Crippen molar-refractivity contribution < 1.29 is 27.7 Å². The molecule has 1 N–H and O–H groups in total. The number of amides is 1. The lowest BCUT2D eigenvalue weighted by molar-refractivity contribution is -0.384. The summed E-state index contributed by atoms with van der Waals surface area (Å²) in [6.45, 7) is 3.70. The summed E-state index contributed by atoms with van der Waals surface area (Å²) in [7, 11) is -2.64.